The van der Waals surface area contributed by atoms with Crippen molar-refractivity contribution < 1.29 is 9.72 Å². The minimum absolute atomic E-state index is 0.0416. The Morgan fingerprint density at radius 2 is 2.15 bits per heavy atom. The van der Waals surface area contributed by atoms with Crippen molar-refractivity contribution in [2.75, 3.05) is 37.6 Å². The van der Waals surface area contributed by atoms with Gasteiger partial charge in [0.2, 0.25) is 0 Å². The van der Waals surface area contributed by atoms with E-state index in [4.69, 9.17) is 0 Å². The highest BCUT2D eigenvalue weighted by Gasteiger charge is 2.22. The van der Waals surface area contributed by atoms with Crippen molar-refractivity contribution in [3.05, 3.63) is 33.9 Å². The lowest BCUT2D eigenvalue weighted by molar-refractivity contribution is -0.384. The van der Waals surface area contributed by atoms with Crippen molar-refractivity contribution in [3.8, 4) is 0 Å². The molecule has 1 aromatic rings. The van der Waals surface area contributed by atoms with Crippen LogP contribution in [0.2, 0.25) is 0 Å². The summed E-state index contributed by atoms with van der Waals surface area (Å²) in [4.78, 5) is 24.5. The second-order valence-corrected chi connectivity index (χ2v) is 4.56. The average molecular weight is 278 g/mol. The van der Waals surface area contributed by atoms with Crippen molar-refractivity contribution in [1.82, 2.24) is 10.6 Å². The normalized spacial score (nSPS) is 14.9. The van der Waals surface area contributed by atoms with Crippen molar-refractivity contribution in [2.45, 2.75) is 6.92 Å². The molecule has 1 fully saturated rings. The third-order valence-electron chi connectivity index (χ3n) is 3.23. The number of piperazine rings is 1. The molecule has 0 saturated carbocycles. The first-order chi connectivity index (χ1) is 9.63. The topological polar surface area (TPSA) is 87.5 Å². The van der Waals surface area contributed by atoms with E-state index >= 15 is 0 Å². The molecule has 0 unspecified atom stereocenters. The smallest absolute Gasteiger partial charge is 0.292 e. The number of carbonyl (C=O) groups is 1. The van der Waals surface area contributed by atoms with Gasteiger partial charge in [-0.2, -0.15) is 0 Å². The molecule has 2 rings (SSSR count). The van der Waals surface area contributed by atoms with Gasteiger partial charge >= 0.3 is 0 Å². The first kappa shape index (κ1) is 14.3. The first-order valence-electron chi connectivity index (χ1n) is 6.65. The van der Waals surface area contributed by atoms with Crippen molar-refractivity contribution in [3.63, 3.8) is 0 Å². The van der Waals surface area contributed by atoms with Gasteiger partial charge in [-0.05, 0) is 19.1 Å². The molecule has 0 aromatic heterocycles. The number of hydrogen-bond donors (Lipinski definition) is 2. The SMILES string of the molecule is CCNC(=O)c1ccc([N+](=O)[O-])c(N2CCNCC2)c1. The van der Waals surface area contributed by atoms with Gasteiger partial charge in [-0.25, -0.2) is 0 Å². The molecule has 0 spiro atoms. The molecule has 1 saturated heterocycles. The first-order valence-corrected chi connectivity index (χ1v) is 6.65. The zero-order valence-electron chi connectivity index (χ0n) is 11.4. The molecule has 0 aliphatic carbocycles. The summed E-state index contributed by atoms with van der Waals surface area (Å²) in [6, 6.07) is 4.51. The average Bonchev–Trinajstić information content (AvgIpc) is 2.47. The zero-order valence-corrected chi connectivity index (χ0v) is 11.4. The van der Waals surface area contributed by atoms with Crippen LogP contribution in [0.25, 0.3) is 0 Å². The maximum atomic E-state index is 11.8. The predicted octanol–water partition coefficient (Wildman–Crippen LogP) is 0.754. The molecule has 2 N–H and O–H groups in total. The number of amides is 1. The van der Waals surface area contributed by atoms with Crippen LogP contribution in [0.5, 0.6) is 0 Å². The van der Waals surface area contributed by atoms with Crippen LogP contribution in [0.15, 0.2) is 18.2 Å². The summed E-state index contributed by atoms with van der Waals surface area (Å²) in [5.74, 6) is -0.209. The molecule has 0 atom stereocenters. The van der Waals surface area contributed by atoms with Gasteiger partial charge in [0, 0.05) is 44.4 Å². The fourth-order valence-corrected chi connectivity index (χ4v) is 2.24. The van der Waals surface area contributed by atoms with E-state index in [2.05, 4.69) is 10.6 Å². The van der Waals surface area contributed by atoms with Crippen molar-refractivity contribution in [2.24, 2.45) is 0 Å². The lowest BCUT2D eigenvalue weighted by Crippen LogP contribution is -2.43. The lowest BCUT2D eigenvalue weighted by Gasteiger charge is -2.29. The van der Waals surface area contributed by atoms with E-state index < -0.39 is 4.92 Å². The highest BCUT2D eigenvalue weighted by Crippen LogP contribution is 2.29. The molecule has 1 aliphatic heterocycles. The van der Waals surface area contributed by atoms with Gasteiger partial charge in [-0.1, -0.05) is 0 Å². The van der Waals surface area contributed by atoms with Gasteiger partial charge in [0.05, 0.1) is 4.92 Å². The van der Waals surface area contributed by atoms with E-state index in [0.717, 1.165) is 13.1 Å². The second kappa shape index (κ2) is 6.33. The summed E-state index contributed by atoms with van der Waals surface area (Å²) in [5, 5.41) is 17.0. The summed E-state index contributed by atoms with van der Waals surface area (Å²) in [7, 11) is 0. The number of nitro groups is 1. The van der Waals surface area contributed by atoms with E-state index in [1.807, 2.05) is 11.8 Å². The summed E-state index contributed by atoms with van der Waals surface area (Å²) in [6.45, 7) is 5.31. The van der Waals surface area contributed by atoms with E-state index in [9.17, 15) is 14.9 Å². The van der Waals surface area contributed by atoms with Gasteiger partial charge in [-0.15, -0.1) is 0 Å². The quantitative estimate of drug-likeness (QED) is 0.627. The van der Waals surface area contributed by atoms with E-state index in [1.165, 1.54) is 12.1 Å². The summed E-state index contributed by atoms with van der Waals surface area (Å²) in [6.07, 6.45) is 0. The maximum Gasteiger partial charge on any atom is 0.292 e. The minimum Gasteiger partial charge on any atom is -0.363 e. The monoisotopic (exact) mass is 278 g/mol. The predicted molar refractivity (Wildman–Crippen MR) is 76.2 cm³/mol. The summed E-state index contributed by atoms with van der Waals surface area (Å²) >= 11 is 0. The Morgan fingerprint density at radius 1 is 1.45 bits per heavy atom. The van der Waals surface area contributed by atoms with Gasteiger partial charge < -0.3 is 15.5 Å². The maximum absolute atomic E-state index is 11.8. The Kier molecular flexibility index (Phi) is 4.52. The highest BCUT2D eigenvalue weighted by molar-refractivity contribution is 5.96. The Hall–Kier alpha value is -2.15. The van der Waals surface area contributed by atoms with Crippen LogP contribution in [0, 0.1) is 10.1 Å². The number of carbonyl (C=O) groups excluding carboxylic acids is 1. The van der Waals surface area contributed by atoms with Gasteiger partial charge in [0.25, 0.3) is 11.6 Å². The lowest BCUT2D eigenvalue weighted by atomic mass is 10.1. The fourth-order valence-electron chi connectivity index (χ4n) is 2.24. The fraction of sp³-hybridized carbons (Fsp3) is 0.462. The standard InChI is InChI=1S/C13H18N4O3/c1-2-15-13(18)10-3-4-11(17(19)20)12(9-10)16-7-5-14-6-8-16/h3-4,9,14H,2,5-8H2,1H3,(H,15,18). The Bertz CT molecular complexity index is 512. The van der Waals surface area contributed by atoms with Gasteiger partial charge in [-0.3, -0.25) is 14.9 Å². The van der Waals surface area contributed by atoms with Crippen molar-refractivity contribution >= 4 is 17.3 Å². The van der Waals surface area contributed by atoms with Crippen LogP contribution >= 0.6 is 0 Å². The highest BCUT2D eigenvalue weighted by atomic mass is 16.6. The number of nitrogens with one attached hydrogen (secondary N) is 2. The molecule has 1 aromatic carbocycles. The molecule has 0 radical (unpaired) electrons. The zero-order chi connectivity index (χ0) is 14.5. The van der Waals surface area contributed by atoms with Crippen LogP contribution in [-0.2, 0) is 0 Å². The molecular formula is C13H18N4O3. The molecule has 1 amide bonds. The number of hydrogen-bond acceptors (Lipinski definition) is 5. The molecule has 1 aliphatic rings. The summed E-state index contributed by atoms with van der Waals surface area (Å²) in [5.41, 5.74) is 1.01. The number of anilines is 1. The van der Waals surface area contributed by atoms with Crippen LogP contribution in [0.4, 0.5) is 11.4 Å². The van der Waals surface area contributed by atoms with E-state index in [-0.39, 0.29) is 11.6 Å². The van der Waals surface area contributed by atoms with E-state index in [0.29, 0.717) is 30.9 Å². The van der Waals surface area contributed by atoms with Crippen LogP contribution in [0.3, 0.4) is 0 Å². The Morgan fingerprint density at radius 3 is 2.75 bits per heavy atom. The second-order valence-electron chi connectivity index (χ2n) is 4.56. The number of benzene rings is 1. The minimum atomic E-state index is -0.404. The number of rotatable bonds is 4. The van der Waals surface area contributed by atoms with Crippen LogP contribution < -0.4 is 15.5 Å². The van der Waals surface area contributed by atoms with Crippen molar-refractivity contribution in [1.29, 1.82) is 0 Å². The Balaban J connectivity index is 2.36. The molecule has 108 valence electrons. The third-order valence-corrected chi connectivity index (χ3v) is 3.23. The molecule has 0 bridgehead atoms. The van der Waals surface area contributed by atoms with E-state index in [1.54, 1.807) is 6.07 Å². The van der Waals surface area contributed by atoms with Crippen LogP contribution in [0.1, 0.15) is 17.3 Å². The molecular weight excluding hydrogens is 260 g/mol. The van der Waals surface area contributed by atoms with Gasteiger partial charge in [0.1, 0.15) is 5.69 Å². The largest absolute Gasteiger partial charge is 0.363 e. The third kappa shape index (κ3) is 3.05. The van der Waals surface area contributed by atoms with Crippen LogP contribution in [-0.4, -0.2) is 43.6 Å². The molecule has 1 heterocycles. The number of nitrogens with zero attached hydrogens (tertiary/aromatic N) is 2. The number of nitro benzene ring substituents is 1. The molecule has 7 nitrogen and oxygen atoms in total. The summed E-state index contributed by atoms with van der Waals surface area (Å²) < 4.78 is 0. The molecule has 7 heteroatoms. The molecule has 20 heavy (non-hydrogen) atoms. The van der Waals surface area contributed by atoms with Gasteiger partial charge in [0.15, 0.2) is 0 Å². The Labute approximate surface area is 117 Å².